The molecule has 8 heavy (non-hydrogen) atoms. The van der Waals surface area contributed by atoms with Crippen LogP contribution < -0.4 is 0 Å². The fraction of sp³-hybridized carbons (Fsp3) is 1.00. The van der Waals surface area contributed by atoms with Gasteiger partial charge in [0, 0.05) is 0 Å². The van der Waals surface area contributed by atoms with Gasteiger partial charge in [0.2, 0.25) is 0 Å². The van der Waals surface area contributed by atoms with Crippen molar-refractivity contribution in [2.45, 2.75) is 29.1 Å². The smallest absolute Gasteiger partial charge is 0.147 e. The first-order valence-electron chi connectivity index (χ1n) is 2.62. The van der Waals surface area contributed by atoms with Gasteiger partial charge < -0.3 is 0 Å². The van der Waals surface area contributed by atoms with Crippen molar-refractivity contribution in [1.29, 1.82) is 0 Å². The molecule has 3 heteroatoms. The van der Waals surface area contributed by atoms with Gasteiger partial charge in [0.15, 0.2) is 0 Å². The molecule has 0 aliphatic rings. The molecule has 0 atom stereocenters. The van der Waals surface area contributed by atoms with Crippen LogP contribution in [0.2, 0.25) is 8.87 Å². The summed E-state index contributed by atoms with van der Waals surface area (Å²) in [4.78, 5) is 0. The van der Waals surface area contributed by atoms with Crippen molar-refractivity contribution >= 4 is 46.0 Å². The Labute approximate surface area is 74.9 Å². The Balaban J connectivity index is -0.000000125. The predicted octanol–water partition coefficient (Wildman–Crippen LogP) is 2.80. The van der Waals surface area contributed by atoms with E-state index in [9.17, 15) is 0 Å². The van der Waals surface area contributed by atoms with Gasteiger partial charge in [0.1, 0.15) is 0 Å². The van der Waals surface area contributed by atoms with E-state index in [0.717, 1.165) is 0 Å². The van der Waals surface area contributed by atoms with Gasteiger partial charge in [-0.1, -0.05) is 0 Å². The summed E-state index contributed by atoms with van der Waals surface area (Å²) >= 11 is 0.200. The monoisotopic (exact) mass is 264 g/mol. The molecule has 0 aliphatic carbocycles. The molecule has 0 saturated heterocycles. The van der Waals surface area contributed by atoms with E-state index in [-0.39, 0.29) is 46.0 Å². The van der Waals surface area contributed by atoms with Crippen LogP contribution in [0.4, 0.5) is 0 Å². The van der Waals surface area contributed by atoms with E-state index >= 15 is 0 Å². The van der Waals surface area contributed by atoms with E-state index in [0.29, 0.717) is 0 Å². The Morgan fingerprint density at radius 3 is 1.75 bits per heavy atom. The number of hydrogen-bond acceptors (Lipinski definition) is 0. The van der Waals surface area contributed by atoms with E-state index in [1.165, 1.54) is 10.9 Å². The summed E-state index contributed by atoms with van der Waals surface area (Å²) in [6.07, 6.45) is 1.43. The Morgan fingerprint density at radius 2 is 1.62 bits per heavy atom. The SMILES string of the molecule is CC[CH2][Sn][CH2]C.Cl.Cl. The van der Waals surface area contributed by atoms with Gasteiger partial charge in [-0.25, -0.2) is 0 Å². The topological polar surface area (TPSA) is 0 Å². The Kier molecular flexibility index (Phi) is 31.9. The minimum atomic E-state index is 0. The molecular weight excluding hydrogens is 250 g/mol. The van der Waals surface area contributed by atoms with Crippen LogP contribution >= 0.6 is 24.8 Å². The summed E-state index contributed by atoms with van der Waals surface area (Å²) in [5.41, 5.74) is 0. The third-order valence-electron chi connectivity index (χ3n) is 0.677. The van der Waals surface area contributed by atoms with E-state index in [2.05, 4.69) is 13.8 Å². The quantitative estimate of drug-likeness (QED) is 0.543. The molecule has 0 unspecified atom stereocenters. The average Bonchev–Trinajstić information content (AvgIpc) is 1.61. The predicted molar refractivity (Wildman–Crippen MR) is 45.8 cm³/mol. The molecule has 0 spiro atoms. The van der Waals surface area contributed by atoms with E-state index < -0.39 is 0 Å². The minimum Gasteiger partial charge on any atom is -0.147 e. The molecule has 0 aromatic carbocycles. The third kappa shape index (κ3) is 15.7. The van der Waals surface area contributed by atoms with Crippen LogP contribution in [0, 0.1) is 0 Å². The van der Waals surface area contributed by atoms with Crippen LogP contribution in [0.3, 0.4) is 0 Å². The average molecular weight is 264 g/mol. The third-order valence-corrected chi connectivity index (χ3v) is 4.54. The maximum atomic E-state index is 2.31. The summed E-state index contributed by atoms with van der Waals surface area (Å²) in [5.74, 6) is 0. The van der Waals surface area contributed by atoms with Crippen molar-refractivity contribution < 1.29 is 0 Å². The maximum absolute atomic E-state index is 2.31. The zero-order valence-electron chi connectivity index (χ0n) is 5.44. The van der Waals surface area contributed by atoms with Crippen molar-refractivity contribution in [3.8, 4) is 0 Å². The van der Waals surface area contributed by atoms with Crippen molar-refractivity contribution in [3.63, 3.8) is 0 Å². The summed E-state index contributed by atoms with van der Waals surface area (Å²) in [6, 6.07) is 0. The molecule has 0 aromatic heterocycles. The largest absolute Gasteiger partial charge is 0.147 e. The maximum Gasteiger partial charge on any atom is -0.147 e. The second-order valence-electron chi connectivity index (χ2n) is 1.35. The molecule has 0 aliphatic heterocycles. The van der Waals surface area contributed by atoms with Crippen LogP contribution in [0.15, 0.2) is 0 Å². The van der Waals surface area contributed by atoms with Crippen LogP contribution in [-0.2, 0) is 0 Å². The Bertz CT molecular complexity index is 22.4. The van der Waals surface area contributed by atoms with Crippen molar-refractivity contribution in [2.24, 2.45) is 0 Å². The summed E-state index contributed by atoms with van der Waals surface area (Å²) in [5, 5.41) is 0. The molecule has 0 fully saturated rings. The fourth-order valence-electron chi connectivity index (χ4n) is 0.354. The van der Waals surface area contributed by atoms with E-state index in [1.54, 1.807) is 4.44 Å². The summed E-state index contributed by atoms with van der Waals surface area (Å²) < 4.78 is 3.11. The van der Waals surface area contributed by atoms with E-state index in [1.807, 2.05) is 0 Å². The van der Waals surface area contributed by atoms with Crippen molar-refractivity contribution in [1.82, 2.24) is 0 Å². The van der Waals surface area contributed by atoms with Gasteiger partial charge in [0.25, 0.3) is 0 Å². The first-order valence-corrected chi connectivity index (χ1v) is 6.66. The van der Waals surface area contributed by atoms with Gasteiger partial charge in [-0.05, 0) is 0 Å². The van der Waals surface area contributed by atoms with Gasteiger partial charge in [-0.15, -0.1) is 24.8 Å². The second kappa shape index (κ2) is 15.8. The summed E-state index contributed by atoms with van der Waals surface area (Å²) in [6.45, 7) is 4.58. The first kappa shape index (κ1) is 16.2. The van der Waals surface area contributed by atoms with Crippen LogP contribution in [0.25, 0.3) is 0 Å². The van der Waals surface area contributed by atoms with Gasteiger partial charge in [0.05, 0.1) is 0 Å². The normalized spacial score (nSPS) is 6.75. The molecule has 0 N–H and O–H groups in total. The molecule has 0 amide bonds. The van der Waals surface area contributed by atoms with Gasteiger partial charge >= 0.3 is 50.3 Å². The Morgan fingerprint density at radius 1 is 1.12 bits per heavy atom. The minimum absolute atomic E-state index is 0. The Hall–Kier alpha value is 1.38. The zero-order chi connectivity index (χ0) is 4.83. The number of halogens is 2. The molecule has 0 rings (SSSR count). The molecule has 0 saturated carbocycles. The zero-order valence-corrected chi connectivity index (χ0v) is 9.92. The number of hydrogen-bond donors (Lipinski definition) is 0. The van der Waals surface area contributed by atoms with Crippen LogP contribution in [0.5, 0.6) is 0 Å². The van der Waals surface area contributed by atoms with Gasteiger partial charge in [-0.3, -0.25) is 0 Å². The second-order valence-corrected chi connectivity index (χ2v) is 6.23. The first-order chi connectivity index (χ1) is 2.91. The molecule has 0 bridgehead atoms. The molecule has 0 nitrogen and oxygen atoms in total. The van der Waals surface area contributed by atoms with E-state index in [4.69, 9.17) is 0 Å². The molecule has 0 heterocycles. The molecule has 52 valence electrons. The molecular formula is C5H14Cl2Sn. The number of rotatable bonds is 3. The van der Waals surface area contributed by atoms with Crippen LogP contribution in [0.1, 0.15) is 20.3 Å². The van der Waals surface area contributed by atoms with Crippen molar-refractivity contribution in [2.75, 3.05) is 0 Å². The van der Waals surface area contributed by atoms with Gasteiger partial charge in [-0.2, -0.15) is 0 Å². The molecule has 0 aromatic rings. The molecule has 2 radical (unpaired) electrons. The van der Waals surface area contributed by atoms with Crippen molar-refractivity contribution in [3.05, 3.63) is 0 Å². The summed E-state index contributed by atoms with van der Waals surface area (Å²) in [7, 11) is 0. The van der Waals surface area contributed by atoms with Crippen LogP contribution in [-0.4, -0.2) is 21.1 Å². The standard InChI is InChI=1S/C3H7.C2H5.2ClH.Sn/c1-3-2;1-2;;;/h1,3H2,2H3;1H2,2H3;2*1H;. The fourth-order valence-corrected chi connectivity index (χ4v) is 2.37.